The maximum atomic E-state index is 12.2. The molecular weight excluding hydrogens is 224 g/mol. The lowest BCUT2D eigenvalue weighted by Crippen LogP contribution is -2.49. The Labute approximate surface area is 83.1 Å². The van der Waals surface area contributed by atoms with E-state index in [0.29, 0.717) is 0 Å². The second kappa shape index (κ2) is 4.87. The largest absolute Gasteiger partial charge is 0.402 e. The molecule has 1 N–H and O–H groups in total. The highest BCUT2D eigenvalue weighted by Crippen LogP contribution is 2.42. The van der Waals surface area contributed by atoms with Gasteiger partial charge in [-0.25, -0.2) is 0 Å². The third-order valence-corrected chi connectivity index (χ3v) is 1.90. The van der Waals surface area contributed by atoms with Crippen molar-refractivity contribution in [1.29, 1.82) is 0 Å². The van der Waals surface area contributed by atoms with Crippen molar-refractivity contribution in [2.45, 2.75) is 24.8 Å². The van der Waals surface area contributed by atoms with Gasteiger partial charge in [-0.2, -0.15) is 26.3 Å². The van der Waals surface area contributed by atoms with Crippen LogP contribution in [0.1, 0.15) is 6.42 Å². The number of hydrogen-bond donors (Lipinski definition) is 1. The van der Waals surface area contributed by atoms with E-state index < -0.39 is 30.7 Å². The molecule has 0 aromatic carbocycles. The zero-order valence-corrected chi connectivity index (χ0v) is 7.91. The zero-order valence-electron chi connectivity index (χ0n) is 7.91. The minimum atomic E-state index is -5.31. The van der Waals surface area contributed by atoms with E-state index in [1.165, 1.54) is 0 Å². The molecule has 0 aliphatic heterocycles. The molecule has 0 saturated heterocycles. The molecule has 0 bridgehead atoms. The highest BCUT2D eigenvalue weighted by atomic mass is 19.4. The van der Waals surface area contributed by atoms with Gasteiger partial charge in [0.15, 0.2) is 5.92 Å². The van der Waals surface area contributed by atoms with Crippen molar-refractivity contribution in [1.82, 2.24) is 5.32 Å². The molecule has 0 spiro atoms. The van der Waals surface area contributed by atoms with Gasteiger partial charge in [0, 0.05) is 6.04 Å². The molecule has 90 valence electrons. The van der Waals surface area contributed by atoms with E-state index in [1.807, 2.05) is 5.32 Å². The zero-order chi connectivity index (χ0) is 12.3. The molecule has 0 aliphatic carbocycles. The second-order valence-electron chi connectivity index (χ2n) is 2.98. The minimum absolute atomic E-state index is 0.403. The van der Waals surface area contributed by atoms with Crippen LogP contribution >= 0.6 is 0 Å². The fourth-order valence-corrected chi connectivity index (χ4v) is 1.24. The van der Waals surface area contributed by atoms with E-state index in [2.05, 4.69) is 6.58 Å². The summed E-state index contributed by atoms with van der Waals surface area (Å²) < 4.78 is 73.1. The Kier molecular flexibility index (Phi) is 4.64. The van der Waals surface area contributed by atoms with Gasteiger partial charge < -0.3 is 5.32 Å². The lowest BCUT2D eigenvalue weighted by Gasteiger charge is -2.29. The van der Waals surface area contributed by atoms with E-state index >= 15 is 0 Å². The first-order valence-electron chi connectivity index (χ1n) is 4.06. The Balaban J connectivity index is 5.00. The topological polar surface area (TPSA) is 12.0 Å². The van der Waals surface area contributed by atoms with E-state index in [9.17, 15) is 26.3 Å². The third-order valence-electron chi connectivity index (χ3n) is 1.90. The van der Waals surface area contributed by atoms with Crippen LogP contribution in [-0.4, -0.2) is 25.4 Å². The molecule has 0 aliphatic rings. The number of nitrogens with one attached hydrogen (secondary N) is 1. The molecule has 1 nitrogen and oxygen atoms in total. The quantitative estimate of drug-likeness (QED) is 0.583. The average molecular weight is 235 g/mol. The van der Waals surface area contributed by atoms with Crippen molar-refractivity contribution in [3.63, 3.8) is 0 Å². The number of halogens is 6. The van der Waals surface area contributed by atoms with Crippen LogP contribution in [0.4, 0.5) is 26.3 Å². The third kappa shape index (κ3) is 4.11. The van der Waals surface area contributed by atoms with E-state index in [-0.39, 0.29) is 0 Å². The normalized spacial score (nSPS) is 15.5. The molecule has 0 heterocycles. The van der Waals surface area contributed by atoms with Crippen molar-refractivity contribution >= 4 is 0 Å². The Bertz CT molecular complexity index is 192. The highest BCUT2D eigenvalue weighted by molar-refractivity contribution is 4.90. The van der Waals surface area contributed by atoms with Crippen LogP contribution in [0.3, 0.4) is 0 Å². The highest BCUT2D eigenvalue weighted by Gasteiger charge is 2.59. The average Bonchev–Trinajstić information content (AvgIpc) is 1.98. The van der Waals surface area contributed by atoms with Gasteiger partial charge in [0.25, 0.3) is 0 Å². The molecular formula is C8H11F6N. The Morgan fingerprint density at radius 1 is 1.13 bits per heavy atom. The summed E-state index contributed by atoms with van der Waals surface area (Å²) in [6.07, 6.45) is -10.0. The molecule has 7 heteroatoms. The first-order valence-corrected chi connectivity index (χ1v) is 4.06. The lowest BCUT2D eigenvalue weighted by atomic mass is 9.95. The predicted molar refractivity (Wildman–Crippen MR) is 43.3 cm³/mol. The Morgan fingerprint density at radius 2 is 1.53 bits per heavy atom. The molecule has 0 aromatic rings. The smallest absolute Gasteiger partial charge is 0.316 e. The molecule has 1 atom stereocenters. The summed E-state index contributed by atoms with van der Waals surface area (Å²) in [6.45, 7) is 3.12. The maximum absolute atomic E-state index is 12.2. The van der Waals surface area contributed by atoms with E-state index in [4.69, 9.17) is 0 Å². The van der Waals surface area contributed by atoms with Gasteiger partial charge in [0.2, 0.25) is 0 Å². The summed E-state index contributed by atoms with van der Waals surface area (Å²) in [7, 11) is 1.05. The number of alkyl halides is 6. The van der Waals surface area contributed by atoms with Crippen LogP contribution in [0.2, 0.25) is 0 Å². The Hall–Kier alpha value is -0.720. The molecule has 0 rings (SSSR count). The fourth-order valence-electron chi connectivity index (χ4n) is 1.24. The number of rotatable bonds is 4. The van der Waals surface area contributed by atoms with Gasteiger partial charge in [-0.1, -0.05) is 6.08 Å². The molecule has 15 heavy (non-hydrogen) atoms. The maximum Gasteiger partial charge on any atom is 0.402 e. The van der Waals surface area contributed by atoms with Crippen LogP contribution in [0, 0.1) is 5.92 Å². The lowest BCUT2D eigenvalue weighted by molar-refractivity contribution is -0.291. The summed E-state index contributed by atoms with van der Waals surface area (Å²) in [5.74, 6) is -3.37. The fraction of sp³-hybridized carbons (Fsp3) is 0.750. The van der Waals surface area contributed by atoms with E-state index in [0.717, 1.165) is 13.1 Å². The van der Waals surface area contributed by atoms with Crippen molar-refractivity contribution in [2.24, 2.45) is 5.92 Å². The molecule has 0 radical (unpaired) electrons. The summed E-state index contributed by atoms with van der Waals surface area (Å²) in [6, 6.07) is -1.73. The Morgan fingerprint density at radius 3 is 1.73 bits per heavy atom. The number of hydrogen-bond acceptors (Lipinski definition) is 1. The van der Waals surface area contributed by atoms with Crippen LogP contribution < -0.4 is 5.32 Å². The first kappa shape index (κ1) is 14.3. The monoisotopic (exact) mass is 235 g/mol. The van der Waals surface area contributed by atoms with Crippen molar-refractivity contribution < 1.29 is 26.3 Å². The summed E-state index contributed by atoms with van der Waals surface area (Å²) in [5.41, 5.74) is 0. The van der Waals surface area contributed by atoms with Crippen LogP contribution in [-0.2, 0) is 0 Å². The van der Waals surface area contributed by atoms with Gasteiger partial charge in [-0.15, -0.1) is 6.58 Å². The van der Waals surface area contributed by atoms with Gasteiger partial charge >= 0.3 is 12.4 Å². The van der Waals surface area contributed by atoms with Gasteiger partial charge in [0.05, 0.1) is 0 Å². The van der Waals surface area contributed by atoms with Crippen LogP contribution in [0.5, 0.6) is 0 Å². The molecule has 0 saturated carbocycles. The molecule has 1 unspecified atom stereocenters. The van der Waals surface area contributed by atoms with Gasteiger partial charge in [0.1, 0.15) is 0 Å². The van der Waals surface area contributed by atoms with Gasteiger partial charge in [-0.05, 0) is 13.5 Å². The predicted octanol–water partition coefficient (Wildman–Crippen LogP) is 2.89. The van der Waals surface area contributed by atoms with Crippen LogP contribution in [0.25, 0.3) is 0 Å². The first-order chi connectivity index (χ1) is 6.64. The summed E-state index contributed by atoms with van der Waals surface area (Å²) in [5, 5.41) is 2.00. The van der Waals surface area contributed by atoms with Crippen molar-refractivity contribution in [3.05, 3.63) is 12.7 Å². The van der Waals surface area contributed by atoms with Crippen molar-refractivity contribution in [2.75, 3.05) is 7.05 Å². The molecule has 0 fully saturated rings. The van der Waals surface area contributed by atoms with Crippen LogP contribution in [0.15, 0.2) is 12.7 Å². The van der Waals surface area contributed by atoms with Crippen molar-refractivity contribution in [3.8, 4) is 0 Å². The summed E-state index contributed by atoms with van der Waals surface area (Å²) >= 11 is 0. The molecule has 0 amide bonds. The van der Waals surface area contributed by atoms with E-state index in [1.54, 1.807) is 0 Å². The second-order valence-corrected chi connectivity index (χ2v) is 2.98. The summed E-state index contributed by atoms with van der Waals surface area (Å²) in [4.78, 5) is 0. The molecule has 0 aromatic heterocycles. The standard InChI is InChI=1S/C8H11F6N/c1-3-4-5(15-2)6(7(9,10)11)8(12,13)14/h3,5-6,15H,1,4H2,2H3. The van der Waals surface area contributed by atoms with Gasteiger partial charge in [-0.3, -0.25) is 0 Å². The minimum Gasteiger partial charge on any atom is -0.316 e. The SMILES string of the molecule is C=CCC(NC)C(C(F)(F)F)C(F)(F)F.